The first-order valence-corrected chi connectivity index (χ1v) is 8.79. The van der Waals surface area contributed by atoms with Crippen LogP contribution < -0.4 is 0 Å². The maximum absolute atomic E-state index is 12.7. The summed E-state index contributed by atoms with van der Waals surface area (Å²) in [7, 11) is 0. The number of rotatable bonds is 5. The van der Waals surface area contributed by atoms with E-state index in [1.807, 2.05) is 19.1 Å². The molecule has 2 aromatic heterocycles. The van der Waals surface area contributed by atoms with Gasteiger partial charge in [-0.25, -0.2) is 0 Å². The highest BCUT2D eigenvalue weighted by atomic mass is 32.2. The number of hydrogen-bond acceptors (Lipinski definition) is 6. The fourth-order valence-corrected chi connectivity index (χ4v) is 3.68. The molecule has 122 valence electrons. The van der Waals surface area contributed by atoms with Crippen molar-refractivity contribution < 1.29 is 13.6 Å². The molecule has 1 aliphatic rings. The summed E-state index contributed by atoms with van der Waals surface area (Å²) >= 11 is 1.27. The molecule has 0 amide bonds. The van der Waals surface area contributed by atoms with E-state index in [9.17, 15) is 4.79 Å². The van der Waals surface area contributed by atoms with Crippen molar-refractivity contribution in [1.29, 1.82) is 0 Å². The molecular formula is C18H16N2O3S. The molecule has 24 heavy (non-hydrogen) atoms. The quantitative estimate of drug-likeness (QED) is 0.512. The molecule has 0 spiro atoms. The lowest BCUT2D eigenvalue weighted by atomic mass is 10.0. The van der Waals surface area contributed by atoms with Gasteiger partial charge in [0.25, 0.3) is 11.1 Å². The summed E-state index contributed by atoms with van der Waals surface area (Å²) in [6.45, 7) is 1.86. The molecule has 2 heterocycles. The van der Waals surface area contributed by atoms with Crippen LogP contribution in [0.25, 0.3) is 11.7 Å². The minimum absolute atomic E-state index is 0.0763. The standard InChI is InChI=1S/C18H16N2O3S/c1-11(16(21)14-8-7-12-4-2-5-13(12)10-14)24-18-20-19-17(23-18)15-6-3-9-22-15/h3,6-11H,2,4-5H2,1H3. The molecule has 0 saturated heterocycles. The molecule has 1 unspecified atom stereocenters. The number of benzene rings is 1. The smallest absolute Gasteiger partial charge is 0.284 e. The van der Waals surface area contributed by atoms with Crippen molar-refractivity contribution >= 4 is 17.5 Å². The summed E-state index contributed by atoms with van der Waals surface area (Å²) in [5.41, 5.74) is 3.42. The van der Waals surface area contributed by atoms with Gasteiger partial charge in [0, 0.05) is 5.56 Å². The lowest BCUT2D eigenvalue weighted by Crippen LogP contribution is -2.13. The van der Waals surface area contributed by atoms with Gasteiger partial charge in [-0.1, -0.05) is 23.9 Å². The van der Waals surface area contributed by atoms with Crippen molar-refractivity contribution in [2.45, 2.75) is 36.7 Å². The molecule has 1 aromatic carbocycles. The summed E-state index contributed by atoms with van der Waals surface area (Å²) in [6.07, 6.45) is 4.90. The zero-order chi connectivity index (χ0) is 16.5. The molecule has 1 aliphatic carbocycles. The van der Waals surface area contributed by atoms with Crippen LogP contribution in [0.2, 0.25) is 0 Å². The zero-order valence-corrected chi connectivity index (χ0v) is 14.0. The largest absolute Gasteiger partial charge is 0.459 e. The molecular weight excluding hydrogens is 324 g/mol. The van der Waals surface area contributed by atoms with Crippen LogP contribution >= 0.6 is 11.8 Å². The molecule has 0 fully saturated rings. The average molecular weight is 340 g/mol. The van der Waals surface area contributed by atoms with Crippen molar-refractivity contribution in [3.05, 3.63) is 53.3 Å². The van der Waals surface area contributed by atoms with Gasteiger partial charge in [-0.05, 0) is 55.5 Å². The first-order chi connectivity index (χ1) is 11.7. The van der Waals surface area contributed by atoms with Gasteiger partial charge >= 0.3 is 0 Å². The third-order valence-electron chi connectivity index (χ3n) is 4.17. The van der Waals surface area contributed by atoms with Crippen LogP contribution in [0.5, 0.6) is 0 Å². The molecule has 0 saturated carbocycles. The van der Waals surface area contributed by atoms with Crippen LogP contribution in [-0.4, -0.2) is 21.2 Å². The van der Waals surface area contributed by atoms with Gasteiger partial charge in [0.05, 0.1) is 11.5 Å². The first kappa shape index (κ1) is 15.2. The predicted molar refractivity (Wildman–Crippen MR) is 90.1 cm³/mol. The maximum atomic E-state index is 12.7. The summed E-state index contributed by atoms with van der Waals surface area (Å²) in [5.74, 6) is 0.916. The third-order valence-corrected chi connectivity index (χ3v) is 5.10. The molecule has 0 N–H and O–H groups in total. The topological polar surface area (TPSA) is 69.1 Å². The average Bonchev–Trinajstić information content (AvgIpc) is 3.33. The van der Waals surface area contributed by atoms with E-state index in [-0.39, 0.29) is 11.0 Å². The molecule has 1 atom stereocenters. The highest BCUT2D eigenvalue weighted by Gasteiger charge is 2.22. The summed E-state index contributed by atoms with van der Waals surface area (Å²) in [4.78, 5) is 12.7. The highest BCUT2D eigenvalue weighted by molar-refractivity contribution is 8.00. The number of carbonyl (C=O) groups is 1. The van der Waals surface area contributed by atoms with Crippen LogP contribution in [-0.2, 0) is 12.8 Å². The van der Waals surface area contributed by atoms with Crippen molar-refractivity contribution in [2.75, 3.05) is 0 Å². The molecule has 3 aromatic rings. The number of aromatic nitrogens is 2. The highest BCUT2D eigenvalue weighted by Crippen LogP contribution is 2.29. The monoisotopic (exact) mass is 340 g/mol. The van der Waals surface area contributed by atoms with Crippen LogP contribution in [0.4, 0.5) is 0 Å². The van der Waals surface area contributed by atoms with Crippen LogP contribution in [0.1, 0.15) is 34.8 Å². The molecule has 0 aliphatic heterocycles. The second-order valence-corrected chi connectivity index (χ2v) is 7.10. The van der Waals surface area contributed by atoms with E-state index in [1.165, 1.54) is 29.3 Å². The summed E-state index contributed by atoms with van der Waals surface area (Å²) in [5, 5.41) is 8.00. The number of thioether (sulfide) groups is 1. The Kier molecular flexibility index (Phi) is 3.98. The second kappa shape index (κ2) is 6.28. The zero-order valence-electron chi connectivity index (χ0n) is 13.2. The van der Waals surface area contributed by atoms with E-state index in [2.05, 4.69) is 16.3 Å². The lowest BCUT2D eigenvalue weighted by molar-refractivity contribution is 0.0993. The Labute approximate surface area is 143 Å². The molecule has 0 bridgehead atoms. The van der Waals surface area contributed by atoms with Crippen LogP contribution in [0, 0.1) is 0 Å². The Bertz CT molecular complexity index is 870. The Hall–Kier alpha value is -2.34. The van der Waals surface area contributed by atoms with Gasteiger partial charge in [-0.15, -0.1) is 10.2 Å². The van der Waals surface area contributed by atoms with Gasteiger partial charge in [-0.2, -0.15) is 0 Å². The molecule has 6 heteroatoms. The van der Waals surface area contributed by atoms with E-state index < -0.39 is 0 Å². The summed E-state index contributed by atoms with van der Waals surface area (Å²) < 4.78 is 10.8. The van der Waals surface area contributed by atoms with Crippen LogP contribution in [0.15, 0.2) is 50.7 Å². The number of nitrogens with zero attached hydrogens (tertiary/aromatic N) is 2. The van der Waals surface area contributed by atoms with E-state index >= 15 is 0 Å². The van der Waals surface area contributed by atoms with E-state index in [4.69, 9.17) is 8.83 Å². The normalized spacial score (nSPS) is 14.5. The Morgan fingerprint density at radius 3 is 2.92 bits per heavy atom. The predicted octanol–water partition coefficient (Wildman–Crippen LogP) is 4.18. The fraction of sp³-hybridized carbons (Fsp3) is 0.278. The summed E-state index contributed by atoms with van der Waals surface area (Å²) in [6, 6.07) is 9.54. The number of furan rings is 1. The van der Waals surface area contributed by atoms with Crippen molar-refractivity contribution in [2.24, 2.45) is 0 Å². The minimum atomic E-state index is -0.297. The lowest BCUT2D eigenvalue weighted by Gasteiger charge is -2.09. The Morgan fingerprint density at radius 1 is 1.21 bits per heavy atom. The Morgan fingerprint density at radius 2 is 2.08 bits per heavy atom. The van der Waals surface area contributed by atoms with Gasteiger partial charge in [0.1, 0.15) is 0 Å². The third kappa shape index (κ3) is 2.89. The number of ketones is 1. The number of fused-ring (bicyclic) bond motifs is 1. The van der Waals surface area contributed by atoms with Crippen molar-refractivity contribution in [1.82, 2.24) is 10.2 Å². The second-order valence-electron chi connectivity index (χ2n) is 5.81. The first-order valence-electron chi connectivity index (χ1n) is 7.91. The number of carbonyl (C=O) groups excluding carboxylic acids is 1. The number of aryl methyl sites for hydroxylation is 2. The molecule has 4 rings (SSSR count). The van der Waals surface area contributed by atoms with E-state index in [0.717, 1.165) is 18.4 Å². The number of hydrogen-bond donors (Lipinski definition) is 0. The van der Waals surface area contributed by atoms with Crippen molar-refractivity contribution in [3.8, 4) is 11.7 Å². The SMILES string of the molecule is CC(Sc1nnc(-c2ccco2)o1)C(=O)c1ccc2c(c1)CCC2. The van der Waals surface area contributed by atoms with Crippen molar-refractivity contribution in [3.63, 3.8) is 0 Å². The van der Waals surface area contributed by atoms with Gasteiger partial charge < -0.3 is 8.83 Å². The minimum Gasteiger partial charge on any atom is -0.459 e. The van der Waals surface area contributed by atoms with E-state index in [1.54, 1.807) is 18.4 Å². The van der Waals surface area contributed by atoms with Gasteiger partial charge in [0.15, 0.2) is 11.5 Å². The van der Waals surface area contributed by atoms with E-state index in [0.29, 0.717) is 16.9 Å². The molecule has 5 nitrogen and oxygen atoms in total. The Balaban J connectivity index is 1.48. The van der Waals surface area contributed by atoms with Gasteiger partial charge in [0.2, 0.25) is 0 Å². The van der Waals surface area contributed by atoms with Crippen LogP contribution in [0.3, 0.4) is 0 Å². The molecule has 0 radical (unpaired) electrons. The van der Waals surface area contributed by atoms with Gasteiger partial charge in [-0.3, -0.25) is 4.79 Å². The number of Topliss-reactive ketones (excluding diaryl/α,β-unsaturated/α-hetero) is 1. The fourth-order valence-electron chi connectivity index (χ4n) is 2.92. The maximum Gasteiger partial charge on any atom is 0.284 e.